The molecule has 0 aliphatic carbocycles. The zero-order valence-corrected chi connectivity index (χ0v) is 13.2. The van der Waals surface area contributed by atoms with Crippen molar-refractivity contribution in [3.05, 3.63) is 69.3 Å². The molecule has 0 heterocycles. The average molecular weight is 381 g/mol. The first kappa shape index (κ1) is 15.0. The van der Waals surface area contributed by atoms with E-state index in [4.69, 9.17) is 4.74 Å². The number of nitrogens with one attached hydrogen (secondary N) is 1. The van der Waals surface area contributed by atoms with E-state index in [0.29, 0.717) is 25.3 Å². The van der Waals surface area contributed by atoms with Gasteiger partial charge in [0.05, 0.1) is 18.8 Å². The van der Waals surface area contributed by atoms with E-state index in [1.165, 1.54) is 0 Å². The molecule has 0 bridgehead atoms. The molecule has 1 amide bonds. The summed E-state index contributed by atoms with van der Waals surface area (Å²) in [6.45, 7) is 1.58. The highest BCUT2D eigenvalue weighted by Crippen LogP contribution is 2.10. The summed E-state index contributed by atoms with van der Waals surface area (Å²) in [6, 6.07) is 17.5. The van der Waals surface area contributed by atoms with E-state index in [9.17, 15) is 4.79 Å². The lowest BCUT2D eigenvalue weighted by molar-refractivity contribution is 0.0900. The number of carbonyl (C=O) groups excluding carboxylic acids is 1. The quantitative estimate of drug-likeness (QED) is 0.617. The molecule has 0 fully saturated rings. The first-order valence-electron chi connectivity index (χ1n) is 6.42. The number of hydrogen-bond donors (Lipinski definition) is 1. The molecular formula is C16H16INO2. The van der Waals surface area contributed by atoms with Gasteiger partial charge in [0.1, 0.15) is 0 Å². The van der Waals surface area contributed by atoms with Gasteiger partial charge in [-0.1, -0.05) is 42.5 Å². The predicted octanol–water partition coefficient (Wildman–Crippen LogP) is 3.24. The lowest BCUT2D eigenvalue weighted by Crippen LogP contribution is -2.27. The van der Waals surface area contributed by atoms with Gasteiger partial charge in [-0.3, -0.25) is 4.79 Å². The molecule has 0 aliphatic rings. The molecule has 0 saturated heterocycles. The number of benzene rings is 2. The van der Waals surface area contributed by atoms with Gasteiger partial charge in [0.25, 0.3) is 5.91 Å². The van der Waals surface area contributed by atoms with Gasteiger partial charge in [-0.2, -0.15) is 0 Å². The molecule has 0 spiro atoms. The molecule has 0 saturated carbocycles. The molecule has 20 heavy (non-hydrogen) atoms. The smallest absolute Gasteiger partial charge is 0.252 e. The van der Waals surface area contributed by atoms with Crippen LogP contribution in [-0.2, 0) is 11.3 Å². The van der Waals surface area contributed by atoms with Crippen LogP contribution in [0.15, 0.2) is 54.6 Å². The van der Waals surface area contributed by atoms with Crippen LogP contribution in [-0.4, -0.2) is 19.1 Å². The van der Waals surface area contributed by atoms with Gasteiger partial charge in [0.15, 0.2) is 0 Å². The highest BCUT2D eigenvalue weighted by Gasteiger charge is 2.07. The van der Waals surface area contributed by atoms with Crippen LogP contribution >= 0.6 is 22.6 Å². The molecule has 0 radical (unpaired) electrons. The molecule has 0 unspecified atom stereocenters. The topological polar surface area (TPSA) is 38.3 Å². The van der Waals surface area contributed by atoms with Crippen LogP contribution in [0.25, 0.3) is 0 Å². The Hall–Kier alpha value is -1.40. The van der Waals surface area contributed by atoms with E-state index < -0.39 is 0 Å². The lowest BCUT2D eigenvalue weighted by atomic mass is 10.2. The van der Waals surface area contributed by atoms with Crippen LogP contribution in [0.4, 0.5) is 0 Å². The Morgan fingerprint density at radius 2 is 1.75 bits per heavy atom. The van der Waals surface area contributed by atoms with Crippen molar-refractivity contribution in [3.8, 4) is 0 Å². The normalized spacial score (nSPS) is 10.2. The van der Waals surface area contributed by atoms with Crippen LogP contribution in [0.1, 0.15) is 15.9 Å². The molecule has 4 heteroatoms. The summed E-state index contributed by atoms with van der Waals surface area (Å²) in [6.07, 6.45) is 0. The van der Waals surface area contributed by atoms with Crippen molar-refractivity contribution < 1.29 is 9.53 Å². The van der Waals surface area contributed by atoms with Crippen molar-refractivity contribution in [2.24, 2.45) is 0 Å². The average Bonchev–Trinajstić information content (AvgIpc) is 2.48. The fourth-order valence-electron chi connectivity index (χ4n) is 1.74. The van der Waals surface area contributed by atoms with Gasteiger partial charge in [0.2, 0.25) is 0 Å². The maximum absolute atomic E-state index is 11.9. The Labute approximate surface area is 132 Å². The highest BCUT2D eigenvalue weighted by molar-refractivity contribution is 14.1. The van der Waals surface area contributed by atoms with Crippen LogP contribution in [0.5, 0.6) is 0 Å². The van der Waals surface area contributed by atoms with E-state index in [-0.39, 0.29) is 5.91 Å². The van der Waals surface area contributed by atoms with Crippen molar-refractivity contribution >= 4 is 28.5 Å². The molecule has 0 aromatic heterocycles. The fourth-order valence-corrected chi connectivity index (χ4v) is 2.37. The number of ether oxygens (including phenoxy) is 1. The zero-order chi connectivity index (χ0) is 14.2. The molecule has 3 nitrogen and oxygen atoms in total. The van der Waals surface area contributed by atoms with E-state index in [1.807, 2.05) is 54.6 Å². The Morgan fingerprint density at radius 1 is 1.05 bits per heavy atom. The molecular weight excluding hydrogens is 365 g/mol. The van der Waals surface area contributed by atoms with E-state index in [2.05, 4.69) is 27.9 Å². The summed E-state index contributed by atoms with van der Waals surface area (Å²) in [7, 11) is 0. The standard InChI is InChI=1S/C16H16INO2/c17-15-9-5-4-8-14(15)16(19)18-10-11-20-12-13-6-2-1-3-7-13/h1-9H,10-12H2,(H,18,19). The van der Waals surface area contributed by atoms with Crippen molar-refractivity contribution in [1.29, 1.82) is 0 Å². The third kappa shape index (κ3) is 4.61. The summed E-state index contributed by atoms with van der Waals surface area (Å²) in [4.78, 5) is 11.9. The SMILES string of the molecule is O=C(NCCOCc1ccccc1)c1ccccc1I. The maximum Gasteiger partial charge on any atom is 0.252 e. The minimum absolute atomic E-state index is 0.0571. The van der Waals surface area contributed by atoms with Crippen molar-refractivity contribution in [2.45, 2.75) is 6.61 Å². The lowest BCUT2D eigenvalue weighted by Gasteiger charge is -2.07. The van der Waals surface area contributed by atoms with Gasteiger partial charge >= 0.3 is 0 Å². The Bertz CT molecular complexity index is 557. The first-order valence-corrected chi connectivity index (χ1v) is 7.49. The van der Waals surface area contributed by atoms with Gasteiger partial charge in [0, 0.05) is 10.1 Å². The van der Waals surface area contributed by atoms with Crippen molar-refractivity contribution in [1.82, 2.24) is 5.32 Å². The summed E-state index contributed by atoms with van der Waals surface area (Å²) in [5.41, 5.74) is 1.84. The van der Waals surface area contributed by atoms with Gasteiger partial charge in [-0.05, 0) is 40.3 Å². The zero-order valence-electron chi connectivity index (χ0n) is 11.0. The molecule has 104 valence electrons. The van der Waals surface area contributed by atoms with Crippen LogP contribution < -0.4 is 5.32 Å². The minimum Gasteiger partial charge on any atom is -0.375 e. The summed E-state index contributed by atoms with van der Waals surface area (Å²) >= 11 is 2.16. The fraction of sp³-hybridized carbons (Fsp3) is 0.188. The van der Waals surface area contributed by atoms with E-state index in [0.717, 1.165) is 9.13 Å². The van der Waals surface area contributed by atoms with Gasteiger partial charge < -0.3 is 10.1 Å². The number of halogens is 1. The molecule has 2 rings (SSSR count). The summed E-state index contributed by atoms with van der Waals surface area (Å²) in [5.74, 6) is -0.0571. The Morgan fingerprint density at radius 3 is 2.50 bits per heavy atom. The second kappa shape index (κ2) is 8.01. The van der Waals surface area contributed by atoms with Gasteiger partial charge in [-0.25, -0.2) is 0 Å². The predicted molar refractivity (Wildman–Crippen MR) is 87.6 cm³/mol. The van der Waals surface area contributed by atoms with Gasteiger partial charge in [-0.15, -0.1) is 0 Å². The van der Waals surface area contributed by atoms with Crippen LogP contribution in [0, 0.1) is 3.57 Å². The van der Waals surface area contributed by atoms with Crippen LogP contribution in [0.3, 0.4) is 0 Å². The molecule has 0 aliphatic heterocycles. The highest BCUT2D eigenvalue weighted by atomic mass is 127. The first-order chi connectivity index (χ1) is 9.77. The summed E-state index contributed by atoms with van der Waals surface area (Å²) < 4.78 is 6.47. The number of hydrogen-bond acceptors (Lipinski definition) is 2. The maximum atomic E-state index is 11.9. The second-order valence-electron chi connectivity index (χ2n) is 4.27. The molecule has 2 aromatic carbocycles. The monoisotopic (exact) mass is 381 g/mol. The van der Waals surface area contributed by atoms with Crippen molar-refractivity contribution in [2.75, 3.05) is 13.2 Å². The Balaban J connectivity index is 1.69. The van der Waals surface area contributed by atoms with E-state index in [1.54, 1.807) is 0 Å². The Kier molecular flexibility index (Phi) is 6.01. The molecule has 2 aromatic rings. The second-order valence-corrected chi connectivity index (χ2v) is 5.44. The molecule has 0 atom stereocenters. The minimum atomic E-state index is -0.0571. The van der Waals surface area contributed by atoms with Crippen molar-refractivity contribution in [3.63, 3.8) is 0 Å². The third-order valence-corrected chi connectivity index (χ3v) is 3.70. The summed E-state index contributed by atoms with van der Waals surface area (Å²) in [5, 5.41) is 2.86. The number of carbonyl (C=O) groups is 1. The van der Waals surface area contributed by atoms with Crippen LogP contribution in [0.2, 0.25) is 0 Å². The number of amides is 1. The molecule has 1 N–H and O–H groups in total. The van der Waals surface area contributed by atoms with E-state index >= 15 is 0 Å². The number of rotatable bonds is 6. The third-order valence-electron chi connectivity index (χ3n) is 2.76. The largest absolute Gasteiger partial charge is 0.375 e.